The van der Waals surface area contributed by atoms with Gasteiger partial charge in [-0.15, -0.1) is 0 Å². The Balaban J connectivity index is 3.29. The smallest absolute Gasteiger partial charge is 0.221 e. The average molecular weight is 203 g/mol. The topological polar surface area (TPSA) is 109 Å². The first kappa shape index (κ1) is 12.4. The van der Waals surface area contributed by atoms with Crippen LogP contribution in [0.25, 0.3) is 0 Å². The zero-order valence-electron chi connectivity index (χ0n) is 7.89. The summed E-state index contributed by atoms with van der Waals surface area (Å²) in [4.78, 5) is 20.5. The second-order valence-corrected chi connectivity index (χ2v) is 2.33. The molecule has 0 saturated carbocycles. The summed E-state index contributed by atoms with van der Waals surface area (Å²) in [5, 5.41) is 20.0. The quantitative estimate of drug-likeness (QED) is 0.256. The Labute approximate surface area is 80.9 Å². The van der Waals surface area contributed by atoms with Gasteiger partial charge in [-0.2, -0.15) is 0 Å². The molecule has 8 heteroatoms. The fraction of sp³-hybridized carbons (Fsp3) is 0.833. The van der Waals surface area contributed by atoms with Crippen LogP contribution in [0, 0.1) is 10.1 Å². The molecule has 0 atom stereocenters. The molecule has 0 heterocycles. The maximum atomic E-state index is 10.9. The number of nitro groups is 1. The van der Waals surface area contributed by atoms with Crippen LogP contribution in [0.15, 0.2) is 10.3 Å². The van der Waals surface area contributed by atoms with E-state index >= 15 is 0 Å². The van der Waals surface area contributed by atoms with E-state index in [4.69, 9.17) is 0 Å². The second-order valence-electron chi connectivity index (χ2n) is 2.33. The highest BCUT2D eigenvalue weighted by Gasteiger charge is 1.98. The SMILES string of the molecule is CCNC(=O)CCNCN=N[N+](=O)[O-]. The third-order valence-corrected chi connectivity index (χ3v) is 1.22. The molecule has 0 rings (SSSR count). The third kappa shape index (κ3) is 8.53. The number of rotatable bonds is 7. The molecule has 0 unspecified atom stereocenters. The Bertz CT molecular complexity index is 218. The van der Waals surface area contributed by atoms with Crippen LogP contribution in [0.3, 0.4) is 0 Å². The van der Waals surface area contributed by atoms with Crippen molar-refractivity contribution >= 4 is 5.91 Å². The van der Waals surface area contributed by atoms with E-state index in [-0.39, 0.29) is 12.6 Å². The van der Waals surface area contributed by atoms with E-state index in [1.165, 1.54) is 0 Å². The van der Waals surface area contributed by atoms with E-state index in [0.717, 1.165) is 0 Å². The van der Waals surface area contributed by atoms with Crippen molar-refractivity contribution in [2.24, 2.45) is 10.3 Å². The van der Waals surface area contributed by atoms with Crippen molar-refractivity contribution in [2.75, 3.05) is 19.8 Å². The molecule has 0 aromatic heterocycles. The average Bonchev–Trinajstić information content (AvgIpc) is 2.11. The molecule has 0 aliphatic heterocycles. The van der Waals surface area contributed by atoms with Gasteiger partial charge in [0.05, 0.1) is 10.1 Å². The Morgan fingerprint density at radius 2 is 2.29 bits per heavy atom. The van der Waals surface area contributed by atoms with E-state index < -0.39 is 5.03 Å². The number of carbonyl (C=O) groups is 1. The number of amides is 1. The maximum absolute atomic E-state index is 10.9. The largest absolute Gasteiger partial charge is 0.356 e. The van der Waals surface area contributed by atoms with Gasteiger partial charge in [0, 0.05) is 19.5 Å². The summed E-state index contributed by atoms with van der Waals surface area (Å²) in [7, 11) is 0. The first-order valence-electron chi connectivity index (χ1n) is 4.16. The van der Waals surface area contributed by atoms with Gasteiger partial charge >= 0.3 is 0 Å². The molecule has 0 aromatic carbocycles. The molecule has 0 spiro atoms. The molecule has 0 radical (unpaired) electrons. The summed E-state index contributed by atoms with van der Waals surface area (Å²) in [5.41, 5.74) is 0. The molecule has 80 valence electrons. The van der Waals surface area contributed by atoms with Crippen LogP contribution in [0.5, 0.6) is 0 Å². The number of nitrogens with one attached hydrogen (secondary N) is 2. The lowest BCUT2D eigenvalue weighted by atomic mass is 10.4. The second kappa shape index (κ2) is 8.05. The molecule has 14 heavy (non-hydrogen) atoms. The minimum atomic E-state index is -0.883. The Morgan fingerprint density at radius 3 is 2.86 bits per heavy atom. The van der Waals surface area contributed by atoms with E-state index in [1.807, 2.05) is 6.92 Å². The molecule has 0 aliphatic carbocycles. The monoisotopic (exact) mass is 203 g/mol. The predicted molar refractivity (Wildman–Crippen MR) is 48.0 cm³/mol. The summed E-state index contributed by atoms with van der Waals surface area (Å²) < 4.78 is 0. The first-order valence-corrected chi connectivity index (χ1v) is 4.16. The van der Waals surface area contributed by atoms with Crippen LogP contribution < -0.4 is 10.6 Å². The minimum Gasteiger partial charge on any atom is -0.356 e. The number of carbonyl (C=O) groups excluding carboxylic acids is 1. The minimum absolute atomic E-state index is 0.0420. The van der Waals surface area contributed by atoms with Crippen LogP contribution in [0.2, 0.25) is 0 Å². The van der Waals surface area contributed by atoms with Gasteiger partial charge in [-0.05, 0) is 6.92 Å². The molecule has 0 aliphatic rings. The molecule has 0 bridgehead atoms. The number of nitrogens with zero attached hydrogens (tertiary/aromatic N) is 3. The highest BCUT2D eigenvalue weighted by molar-refractivity contribution is 5.75. The van der Waals surface area contributed by atoms with E-state index in [9.17, 15) is 14.9 Å². The van der Waals surface area contributed by atoms with Crippen molar-refractivity contribution in [3.05, 3.63) is 10.1 Å². The fourth-order valence-electron chi connectivity index (χ4n) is 0.700. The van der Waals surface area contributed by atoms with E-state index in [0.29, 0.717) is 19.5 Å². The van der Waals surface area contributed by atoms with Crippen molar-refractivity contribution in [3.8, 4) is 0 Å². The molecule has 0 aromatic rings. The first-order chi connectivity index (χ1) is 6.66. The lowest BCUT2D eigenvalue weighted by molar-refractivity contribution is -0.494. The lowest BCUT2D eigenvalue weighted by Crippen LogP contribution is -2.27. The molecular formula is C6H13N5O3. The molecular weight excluding hydrogens is 190 g/mol. The Hall–Kier alpha value is -1.57. The summed E-state index contributed by atoms with van der Waals surface area (Å²) in [6.45, 7) is 2.89. The highest BCUT2D eigenvalue weighted by Crippen LogP contribution is 1.78. The van der Waals surface area contributed by atoms with E-state index in [2.05, 4.69) is 21.0 Å². The van der Waals surface area contributed by atoms with Gasteiger partial charge < -0.3 is 15.4 Å². The zero-order chi connectivity index (χ0) is 10.8. The Kier molecular flexibility index (Phi) is 7.15. The van der Waals surface area contributed by atoms with Crippen molar-refractivity contribution in [1.29, 1.82) is 0 Å². The van der Waals surface area contributed by atoms with Gasteiger partial charge in [0.25, 0.3) is 0 Å². The van der Waals surface area contributed by atoms with Crippen molar-refractivity contribution < 1.29 is 9.83 Å². The van der Waals surface area contributed by atoms with Gasteiger partial charge in [0.2, 0.25) is 12.6 Å². The molecule has 1 amide bonds. The number of hydrogen-bond donors (Lipinski definition) is 2. The van der Waals surface area contributed by atoms with Gasteiger partial charge in [0.15, 0.2) is 5.22 Å². The van der Waals surface area contributed by atoms with Crippen molar-refractivity contribution in [1.82, 2.24) is 10.6 Å². The summed E-state index contributed by atoms with van der Waals surface area (Å²) >= 11 is 0. The van der Waals surface area contributed by atoms with Crippen LogP contribution in [-0.4, -0.2) is 30.7 Å². The fourth-order valence-corrected chi connectivity index (χ4v) is 0.700. The summed E-state index contributed by atoms with van der Waals surface area (Å²) in [5.74, 6) is -0.0637. The van der Waals surface area contributed by atoms with E-state index in [1.54, 1.807) is 0 Å². The molecule has 2 N–H and O–H groups in total. The van der Waals surface area contributed by atoms with Crippen LogP contribution in [0.1, 0.15) is 13.3 Å². The molecule has 0 saturated heterocycles. The van der Waals surface area contributed by atoms with Crippen LogP contribution >= 0.6 is 0 Å². The van der Waals surface area contributed by atoms with Gasteiger partial charge in [-0.3, -0.25) is 10.1 Å². The van der Waals surface area contributed by atoms with Gasteiger partial charge in [-0.1, -0.05) is 0 Å². The lowest BCUT2D eigenvalue weighted by Gasteiger charge is -1.99. The van der Waals surface area contributed by atoms with Crippen LogP contribution in [-0.2, 0) is 4.79 Å². The molecule has 8 nitrogen and oxygen atoms in total. The molecule has 0 fully saturated rings. The van der Waals surface area contributed by atoms with Crippen molar-refractivity contribution in [2.45, 2.75) is 13.3 Å². The maximum Gasteiger partial charge on any atom is 0.221 e. The Morgan fingerprint density at radius 1 is 1.57 bits per heavy atom. The highest BCUT2D eigenvalue weighted by atomic mass is 16.7. The van der Waals surface area contributed by atoms with Gasteiger partial charge in [-0.25, -0.2) is 0 Å². The standard InChI is InChI=1S/C6H13N5O3/c1-2-8-6(12)3-4-7-5-9-10-11(13)14/h7H,2-5H2,1H3,(H,8,12). The van der Waals surface area contributed by atoms with Gasteiger partial charge in [0.1, 0.15) is 0 Å². The predicted octanol–water partition coefficient (Wildman–Crippen LogP) is -0.296. The summed E-state index contributed by atoms with van der Waals surface area (Å²) in [6, 6.07) is 0. The number of hydrogen-bond acceptors (Lipinski definition) is 5. The van der Waals surface area contributed by atoms with Crippen LogP contribution in [0.4, 0.5) is 0 Å². The zero-order valence-corrected chi connectivity index (χ0v) is 7.89. The normalized spacial score (nSPS) is 10.4. The third-order valence-electron chi connectivity index (χ3n) is 1.22. The van der Waals surface area contributed by atoms with Crippen molar-refractivity contribution in [3.63, 3.8) is 0 Å². The summed E-state index contributed by atoms with van der Waals surface area (Å²) in [6.07, 6.45) is 0.321.